The maximum atomic E-state index is 5.29. The number of H-pyrrole nitrogens is 1. The van der Waals surface area contributed by atoms with Crippen molar-refractivity contribution >= 4 is 6.08 Å². The summed E-state index contributed by atoms with van der Waals surface area (Å²) in [6.07, 6.45) is 8.46. The molecule has 1 aliphatic carbocycles. The number of fused-ring (bicyclic) bond motifs is 1. The molecule has 0 saturated heterocycles. The highest BCUT2D eigenvalue weighted by molar-refractivity contribution is 5.72. The number of rotatable bonds is 3. The van der Waals surface area contributed by atoms with Crippen LogP contribution in [-0.2, 0) is 11.8 Å². The maximum Gasteiger partial charge on any atom is 0.279 e. The zero-order valence-corrected chi connectivity index (χ0v) is 14.6. The molecule has 1 aliphatic rings. The van der Waals surface area contributed by atoms with E-state index in [0.717, 1.165) is 22.6 Å². The quantitative estimate of drug-likeness (QED) is 0.606. The molecule has 0 amide bonds. The number of allylic oxidation sites excluding steroid dienone is 1. The number of aryl methyl sites for hydroxylation is 1. The van der Waals surface area contributed by atoms with Gasteiger partial charge in [0.1, 0.15) is 0 Å². The van der Waals surface area contributed by atoms with Crippen molar-refractivity contribution in [3.8, 4) is 11.6 Å². The van der Waals surface area contributed by atoms with Crippen LogP contribution in [0.3, 0.4) is 0 Å². The Balaban J connectivity index is 1.66. The summed E-state index contributed by atoms with van der Waals surface area (Å²) in [5.74, 6) is 0.996. The van der Waals surface area contributed by atoms with E-state index in [1.54, 1.807) is 6.92 Å². The van der Waals surface area contributed by atoms with Crippen molar-refractivity contribution < 1.29 is 4.52 Å². The Hall–Kier alpha value is -3.61. The van der Waals surface area contributed by atoms with Crippen molar-refractivity contribution in [1.29, 1.82) is 0 Å². The lowest BCUT2D eigenvalue weighted by atomic mass is 9.72. The molecule has 0 atom stereocenters. The summed E-state index contributed by atoms with van der Waals surface area (Å²) < 4.78 is 5.29. The van der Waals surface area contributed by atoms with Gasteiger partial charge in [-0.2, -0.15) is 10.1 Å². The van der Waals surface area contributed by atoms with Crippen molar-refractivity contribution in [2.45, 2.75) is 18.8 Å². The molecule has 0 unspecified atom stereocenters. The van der Waals surface area contributed by atoms with E-state index in [4.69, 9.17) is 4.52 Å². The van der Waals surface area contributed by atoms with Crippen LogP contribution in [0.4, 0.5) is 0 Å². The van der Waals surface area contributed by atoms with Gasteiger partial charge in [0.15, 0.2) is 11.5 Å². The Kier molecular flexibility index (Phi) is 3.46. The molecule has 0 aliphatic heterocycles. The predicted molar refractivity (Wildman–Crippen MR) is 98.6 cm³/mol. The van der Waals surface area contributed by atoms with Gasteiger partial charge in [-0.1, -0.05) is 29.4 Å². The first-order valence-electron chi connectivity index (χ1n) is 8.66. The van der Waals surface area contributed by atoms with Crippen molar-refractivity contribution in [3.05, 3.63) is 83.3 Å². The van der Waals surface area contributed by atoms with Crippen LogP contribution >= 0.6 is 0 Å². The molecule has 27 heavy (non-hydrogen) atoms. The minimum absolute atomic E-state index is 0.415. The number of aromatic amines is 1. The van der Waals surface area contributed by atoms with Gasteiger partial charge in [0, 0.05) is 30.1 Å². The third kappa shape index (κ3) is 2.47. The first-order valence-corrected chi connectivity index (χ1v) is 8.66. The summed E-state index contributed by atoms with van der Waals surface area (Å²) in [6.45, 7) is 1.79. The molecule has 4 aromatic rings. The Labute approximate surface area is 155 Å². The molecule has 0 spiro atoms. The highest BCUT2D eigenvalue weighted by Crippen LogP contribution is 2.41. The molecule has 132 valence electrons. The second kappa shape index (κ2) is 5.98. The molecule has 1 N–H and O–H groups in total. The van der Waals surface area contributed by atoms with Gasteiger partial charge in [-0.15, -0.1) is 0 Å². The van der Waals surface area contributed by atoms with E-state index in [1.165, 1.54) is 0 Å². The standard InChI is InChI=1S/C20H16N6O/c1-13-23-19(27-26-13)18-14-8-9-20(12-15(14)24-25-18,16-6-2-4-10-21-16)17-7-3-5-11-22-17/h2-11H,12H2,1H3,(H,24,25). The topological polar surface area (TPSA) is 93.4 Å². The number of pyridine rings is 2. The maximum absolute atomic E-state index is 5.29. The molecule has 4 heterocycles. The molecule has 0 fully saturated rings. The second-order valence-corrected chi connectivity index (χ2v) is 6.52. The third-order valence-corrected chi connectivity index (χ3v) is 4.85. The molecule has 7 heteroatoms. The van der Waals surface area contributed by atoms with Crippen molar-refractivity contribution in [2.75, 3.05) is 0 Å². The Morgan fingerprint density at radius 2 is 1.78 bits per heavy atom. The number of hydrogen-bond acceptors (Lipinski definition) is 6. The average molecular weight is 356 g/mol. The van der Waals surface area contributed by atoms with Crippen molar-refractivity contribution in [2.24, 2.45) is 0 Å². The lowest BCUT2D eigenvalue weighted by molar-refractivity contribution is 0.424. The van der Waals surface area contributed by atoms with Crippen LogP contribution in [0, 0.1) is 6.92 Å². The number of aromatic nitrogens is 6. The monoisotopic (exact) mass is 356 g/mol. The predicted octanol–water partition coefficient (Wildman–Crippen LogP) is 3.11. The van der Waals surface area contributed by atoms with Crippen LogP contribution < -0.4 is 0 Å². The first kappa shape index (κ1) is 15.6. The van der Waals surface area contributed by atoms with E-state index in [1.807, 2.05) is 54.9 Å². The van der Waals surface area contributed by atoms with Gasteiger partial charge in [-0.25, -0.2) is 0 Å². The van der Waals surface area contributed by atoms with Crippen LogP contribution in [-0.4, -0.2) is 30.3 Å². The fourth-order valence-electron chi connectivity index (χ4n) is 3.56. The summed E-state index contributed by atoms with van der Waals surface area (Å²) in [5.41, 5.74) is 4.02. The third-order valence-electron chi connectivity index (χ3n) is 4.85. The van der Waals surface area contributed by atoms with E-state index < -0.39 is 5.41 Å². The summed E-state index contributed by atoms with van der Waals surface area (Å²) >= 11 is 0. The zero-order chi connectivity index (χ0) is 18.3. The van der Waals surface area contributed by atoms with Crippen molar-refractivity contribution in [3.63, 3.8) is 0 Å². The lowest BCUT2D eigenvalue weighted by Crippen LogP contribution is -2.32. The highest BCUT2D eigenvalue weighted by atomic mass is 16.5. The minimum atomic E-state index is -0.468. The minimum Gasteiger partial charge on any atom is -0.332 e. The van der Waals surface area contributed by atoms with Gasteiger partial charge in [0.05, 0.1) is 16.8 Å². The molecule has 0 saturated carbocycles. The zero-order valence-electron chi connectivity index (χ0n) is 14.6. The van der Waals surface area contributed by atoms with E-state index in [2.05, 4.69) is 36.4 Å². The van der Waals surface area contributed by atoms with Crippen LogP contribution in [0.2, 0.25) is 0 Å². The average Bonchev–Trinajstić information content (AvgIpc) is 3.34. The van der Waals surface area contributed by atoms with E-state index in [0.29, 0.717) is 23.8 Å². The van der Waals surface area contributed by atoms with Crippen LogP contribution in [0.25, 0.3) is 17.7 Å². The number of nitrogens with one attached hydrogen (secondary N) is 1. The molecule has 4 aromatic heterocycles. The fraction of sp³-hybridized carbons (Fsp3) is 0.150. The van der Waals surface area contributed by atoms with Crippen LogP contribution in [0.15, 0.2) is 59.4 Å². The van der Waals surface area contributed by atoms with Gasteiger partial charge in [-0.05, 0) is 31.2 Å². The van der Waals surface area contributed by atoms with E-state index in [-0.39, 0.29) is 0 Å². The van der Waals surface area contributed by atoms with Gasteiger partial charge >= 0.3 is 0 Å². The summed E-state index contributed by atoms with van der Waals surface area (Å²) in [5, 5.41) is 11.4. The summed E-state index contributed by atoms with van der Waals surface area (Å²) in [6, 6.07) is 11.9. The smallest absolute Gasteiger partial charge is 0.279 e. The molecule has 7 nitrogen and oxygen atoms in total. The van der Waals surface area contributed by atoms with Crippen molar-refractivity contribution in [1.82, 2.24) is 30.3 Å². The molecular formula is C20H16N6O. The first-order chi connectivity index (χ1) is 13.3. The Morgan fingerprint density at radius 3 is 2.37 bits per heavy atom. The number of hydrogen-bond donors (Lipinski definition) is 1. The van der Waals surface area contributed by atoms with Crippen LogP contribution in [0.1, 0.15) is 28.5 Å². The molecule has 0 bridgehead atoms. The summed E-state index contributed by atoms with van der Waals surface area (Å²) in [7, 11) is 0. The molecular weight excluding hydrogens is 340 g/mol. The van der Waals surface area contributed by atoms with Gasteiger partial charge < -0.3 is 4.52 Å². The normalized spacial score (nSPS) is 14.9. The molecule has 5 rings (SSSR count). The fourth-order valence-corrected chi connectivity index (χ4v) is 3.56. The summed E-state index contributed by atoms with van der Waals surface area (Å²) in [4.78, 5) is 13.5. The van der Waals surface area contributed by atoms with E-state index >= 15 is 0 Å². The van der Waals surface area contributed by atoms with Gasteiger partial charge in [0.25, 0.3) is 5.89 Å². The highest BCUT2D eigenvalue weighted by Gasteiger charge is 2.39. The van der Waals surface area contributed by atoms with Gasteiger partial charge in [-0.3, -0.25) is 15.1 Å². The molecule has 0 radical (unpaired) electrons. The largest absolute Gasteiger partial charge is 0.332 e. The molecule has 0 aromatic carbocycles. The van der Waals surface area contributed by atoms with E-state index in [9.17, 15) is 0 Å². The Morgan fingerprint density at radius 1 is 1.04 bits per heavy atom. The Bertz CT molecular complexity index is 1070. The number of nitrogens with zero attached hydrogens (tertiary/aromatic N) is 5. The van der Waals surface area contributed by atoms with Gasteiger partial charge in [0.2, 0.25) is 0 Å². The second-order valence-electron chi connectivity index (χ2n) is 6.52. The SMILES string of the molecule is Cc1noc(-c2n[nH]c3c2C=CC(c2ccccn2)(c2ccccn2)C3)n1. The lowest BCUT2D eigenvalue weighted by Gasteiger charge is -2.32. The van der Waals surface area contributed by atoms with Crippen LogP contribution in [0.5, 0.6) is 0 Å².